The summed E-state index contributed by atoms with van der Waals surface area (Å²) in [7, 11) is 1.28. The number of nitrogens with zero attached hydrogens (tertiary/aromatic N) is 2. The van der Waals surface area contributed by atoms with Crippen LogP contribution < -0.4 is 5.32 Å². The Balaban J connectivity index is 1.56. The van der Waals surface area contributed by atoms with Crippen molar-refractivity contribution in [2.24, 2.45) is 0 Å². The molecule has 1 N–H and O–H groups in total. The highest BCUT2D eigenvalue weighted by Crippen LogP contribution is 2.41. The number of thiophene rings is 2. The fourth-order valence-electron chi connectivity index (χ4n) is 4.11. The Morgan fingerprint density at radius 3 is 2.56 bits per heavy atom. The molecule has 5 rings (SSSR count). The number of para-hydroxylation sites is 1. The summed E-state index contributed by atoms with van der Waals surface area (Å²) in [6.07, 6.45) is -1.22. The Bertz CT molecular complexity index is 1400. The van der Waals surface area contributed by atoms with Crippen LogP contribution in [0.2, 0.25) is 0 Å². The number of aromatic nitrogens is 2. The van der Waals surface area contributed by atoms with Crippen molar-refractivity contribution in [1.29, 1.82) is 0 Å². The van der Waals surface area contributed by atoms with Gasteiger partial charge in [-0.15, -0.1) is 22.7 Å². The minimum absolute atomic E-state index is 0.0877. The third-order valence-corrected chi connectivity index (χ3v) is 7.96. The summed E-state index contributed by atoms with van der Waals surface area (Å²) in [4.78, 5) is 26.9. The zero-order valence-electron chi connectivity index (χ0n) is 17.9. The summed E-state index contributed by atoms with van der Waals surface area (Å²) in [6.45, 7) is 0. The second-order valence-electron chi connectivity index (χ2n) is 7.78. The van der Waals surface area contributed by atoms with Crippen LogP contribution >= 0.6 is 22.7 Å². The van der Waals surface area contributed by atoms with Crippen molar-refractivity contribution in [3.63, 3.8) is 0 Å². The minimum Gasteiger partial charge on any atom is -0.465 e. The van der Waals surface area contributed by atoms with E-state index in [-0.39, 0.29) is 15.1 Å². The third-order valence-electron chi connectivity index (χ3n) is 5.64. The molecule has 0 unspecified atom stereocenters. The molecule has 4 aromatic rings. The quantitative estimate of drug-likeness (QED) is 0.341. The van der Waals surface area contributed by atoms with Crippen molar-refractivity contribution in [2.45, 2.75) is 31.9 Å². The molecular formula is C23H18F3N3O3S2. The van der Waals surface area contributed by atoms with E-state index in [0.29, 0.717) is 16.3 Å². The summed E-state index contributed by atoms with van der Waals surface area (Å²) in [6, 6.07) is 9.64. The van der Waals surface area contributed by atoms with Crippen molar-refractivity contribution in [3.8, 4) is 5.69 Å². The SMILES string of the molecule is COC(=O)c1c(NC(=O)c2cc3c(C(F)(F)F)nn(-c4ccccc4)c3s2)sc2c1CCCC2. The van der Waals surface area contributed by atoms with E-state index in [4.69, 9.17) is 4.74 Å². The first-order valence-electron chi connectivity index (χ1n) is 10.5. The average molecular weight is 506 g/mol. The molecule has 6 nitrogen and oxygen atoms in total. The lowest BCUT2D eigenvalue weighted by Gasteiger charge is -2.11. The van der Waals surface area contributed by atoms with Crippen LogP contribution in [0.1, 0.15) is 49.0 Å². The Morgan fingerprint density at radius 2 is 1.85 bits per heavy atom. The van der Waals surface area contributed by atoms with Gasteiger partial charge in [0.15, 0.2) is 5.69 Å². The van der Waals surface area contributed by atoms with E-state index in [1.807, 2.05) is 0 Å². The zero-order valence-corrected chi connectivity index (χ0v) is 19.5. The number of esters is 1. The van der Waals surface area contributed by atoms with Crippen LogP contribution in [-0.4, -0.2) is 28.8 Å². The van der Waals surface area contributed by atoms with Crippen molar-refractivity contribution in [3.05, 3.63) is 63.0 Å². The normalized spacial score (nSPS) is 13.6. The number of nitrogens with one attached hydrogen (secondary N) is 1. The van der Waals surface area contributed by atoms with E-state index in [1.54, 1.807) is 30.3 Å². The van der Waals surface area contributed by atoms with Crippen molar-refractivity contribution >= 4 is 49.8 Å². The molecule has 0 aliphatic heterocycles. The zero-order chi connectivity index (χ0) is 24.0. The van der Waals surface area contributed by atoms with Gasteiger partial charge in [0.2, 0.25) is 0 Å². The molecule has 176 valence electrons. The molecule has 11 heteroatoms. The number of halogens is 3. The number of ether oxygens (including phenoxy) is 1. The molecule has 1 aliphatic rings. The molecular weight excluding hydrogens is 487 g/mol. The van der Waals surface area contributed by atoms with Crippen LogP contribution in [-0.2, 0) is 23.8 Å². The highest BCUT2D eigenvalue weighted by atomic mass is 32.1. The first-order chi connectivity index (χ1) is 16.3. The number of anilines is 1. The van der Waals surface area contributed by atoms with Gasteiger partial charge in [0.25, 0.3) is 5.91 Å². The van der Waals surface area contributed by atoms with Gasteiger partial charge in [-0.3, -0.25) is 4.79 Å². The number of benzene rings is 1. The number of alkyl halides is 3. The molecule has 1 aromatic carbocycles. The van der Waals surface area contributed by atoms with E-state index < -0.39 is 23.7 Å². The van der Waals surface area contributed by atoms with Crippen LogP contribution in [0.4, 0.5) is 18.2 Å². The highest BCUT2D eigenvalue weighted by Gasteiger charge is 2.38. The topological polar surface area (TPSA) is 73.2 Å². The molecule has 3 aromatic heterocycles. The van der Waals surface area contributed by atoms with Gasteiger partial charge in [0, 0.05) is 10.3 Å². The molecule has 0 spiro atoms. The van der Waals surface area contributed by atoms with Crippen LogP contribution in [0.3, 0.4) is 0 Å². The lowest BCUT2D eigenvalue weighted by molar-refractivity contribution is -0.140. The standard InChI is InChI=1S/C23H18F3N3O3S2/c1-32-22(31)17-13-9-5-6-10-15(13)33-20(17)27-19(30)16-11-14-18(23(24,25)26)28-29(21(14)34-16)12-7-3-2-4-8-12/h2-4,7-8,11H,5-6,9-10H2,1H3,(H,27,30). The smallest absolute Gasteiger partial charge is 0.435 e. The van der Waals surface area contributed by atoms with Crippen LogP contribution in [0, 0.1) is 0 Å². The Morgan fingerprint density at radius 1 is 1.12 bits per heavy atom. The van der Waals surface area contributed by atoms with E-state index in [0.717, 1.165) is 47.5 Å². The van der Waals surface area contributed by atoms with Crippen molar-refractivity contribution in [2.75, 3.05) is 12.4 Å². The molecule has 1 amide bonds. The molecule has 0 atom stereocenters. The summed E-state index contributed by atoms with van der Waals surface area (Å²) in [5, 5.41) is 6.74. The van der Waals surface area contributed by atoms with Crippen LogP contribution in [0.5, 0.6) is 0 Å². The first-order valence-corrected chi connectivity index (χ1v) is 12.1. The molecule has 0 bridgehead atoms. The van der Waals surface area contributed by atoms with Gasteiger partial charge >= 0.3 is 12.1 Å². The predicted molar refractivity (Wildman–Crippen MR) is 124 cm³/mol. The average Bonchev–Trinajstić information content (AvgIpc) is 3.49. The van der Waals surface area contributed by atoms with Crippen molar-refractivity contribution in [1.82, 2.24) is 9.78 Å². The molecule has 0 saturated carbocycles. The summed E-state index contributed by atoms with van der Waals surface area (Å²) in [5.41, 5.74) is 0.621. The maximum Gasteiger partial charge on any atom is 0.435 e. The molecule has 34 heavy (non-hydrogen) atoms. The number of carbonyl (C=O) groups excluding carboxylic acids is 2. The van der Waals surface area contributed by atoms with Gasteiger partial charge < -0.3 is 10.1 Å². The number of hydrogen-bond donors (Lipinski definition) is 1. The second kappa shape index (κ2) is 8.55. The van der Waals surface area contributed by atoms with E-state index in [2.05, 4.69) is 10.4 Å². The lowest BCUT2D eigenvalue weighted by atomic mass is 9.95. The maximum atomic E-state index is 13.7. The van der Waals surface area contributed by atoms with Crippen molar-refractivity contribution < 1.29 is 27.5 Å². The molecule has 0 radical (unpaired) electrons. The second-order valence-corrected chi connectivity index (χ2v) is 9.92. The summed E-state index contributed by atoms with van der Waals surface area (Å²) >= 11 is 2.23. The van der Waals surface area contributed by atoms with E-state index in [1.165, 1.54) is 29.2 Å². The summed E-state index contributed by atoms with van der Waals surface area (Å²) < 4.78 is 47.2. The fourth-order valence-corrected chi connectivity index (χ4v) is 6.41. The number of fused-ring (bicyclic) bond motifs is 2. The number of methoxy groups -OCH3 is 1. The number of rotatable bonds is 4. The third kappa shape index (κ3) is 3.88. The van der Waals surface area contributed by atoms with Gasteiger partial charge in [-0.25, -0.2) is 9.48 Å². The largest absolute Gasteiger partial charge is 0.465 e. The van der Waals surface area contributed by atoms with Gasteiger partial charge in [-0.05, 0) is 49.4 Å². The highest BCUT2D eigenvalue weighted by molar-refractivity contribution is 7.21. The Labute approximate surface area is 200 Å². The van der Waals surface area contributed by atoms with Crippen LogP contribution in [0.25, 0.3) is 15.9 Å². The van der Waals surface area contributed by atoms with E-state index >= 15 is 0 Å². The number of carbonyl (C=O) groups is 2. The van der Waals surface area contributed by atoms with Gasteiger partial charge in [0.05, 0.1) is 23.2 Å². The summed E-state index contributed by atoms with van der Waals surface area (Å²) in [5.74, 6) is -1.12. The molecule has 0 fully saturated rings. The minimum atomic E-state index is -4.68. The monoisotopic (exact) mass is 505 g/mol. The molecule has 1 aliphatic carbocycles. The number of amides is 1. The van der Waals surface area contributed by atoms with Crippen LogP contribution in [0.15, 0.2) is 36.4 Å². The Hall–Kier alpha value is -3.18. The Kier molecular flexibility index (Phi) is 5.68. The van der Waals surface area contributed by atoms with Gasteiger partial charge in [-0.1, -0.05) is 18.2 Å². The van der Waals surface area contributed by atoms with Gasteiger partial charge in [0.1, 0.15) is 9.83 Å². The molecule has 3 heterocycles. The lowest BCUT2D eigenvalue weighted by Crippen LogP contribution is -2.14. The first kappa shape index (κ1) is 22.6. The van der Waals surface area contributed by atoms with E-state index in [9.17, 15) is 22.8 Å². The predicted octanol–water partition coefficient (Wildman–Crippen LogP) is 6.09. The molecule has 0 saturated heterocycles. The fraction of sp³-hybridized carbons (Fsp3) is 0.261. The maximum absolute atomic E-state index is 13.7. The number of aryl methyl sites for hydroxylation is 1. The van der Waals surface area contributed by atoms with Gasteiger partial charge in [-0.2, -0.15) is 18.3 Å². The number of hydrogen-bond acceptors (Lipinski definition) is 6.